The maximum Gasteiger partial charge on any atom is 0.161 e. The summed E-state index contributed by atoms with van der Waals surface area (Å²) < 4.78 is 21.4. The van der Waals surface area contributed by atoms with Crippen LogP contribution in [0.2, 0.25) is 0 Å². The van der Waals surface area contributed by atoms with Crippen molar-refractivity contribution < 1.29 is 18.9 Å². The van der Waals surface area contributed by atoms with E-state index in [2.05, 4.69) is 0 Å². The van der Waals surface area contributed by atoms with Crippen LogP contribution in [0.3, 0.4) is 0 Å². The van der Waals surface area contributed by atoms with Gasteiger partial charge in [-0.2, -0.15) is 0 Å². The lowest BCUT2D eigenvalue weighted by Crippen LogP contribution is -2.05. The molecule has 0 radical (unpaired) electrons. The summed E-state index contributed by atoms with van der Waals surface area (Å²) in [4.78, 5) is 0. The molecule has 1 saturated heterocycles. The predicted molar refractivity (Wildman–Crippen MR) is 63.6 cm³/mol. The van der Waals surface area contributed by atoms with Crippen molar-refractivity contribution in [3.63, 3.8) is 0 Å². The van der Waals surface area contributed by atoms with Gasteiger partial charge in [-0.1, -0.05) is 6.07 Å². The molecule has 1 heterocycles. The molecule has 17 heavy (non-hydrogen) atoms. The van der Waals surface area contributed by atoms with E-state index in [1.165, 1.54) is 0 Å². The molecule has 4 nitrogen and oxygen atoms in total. The van der Waals surface area contributed by atoms with Crippen LogP contribution in [-0.4, -0.2) is 33.0 Å². The Labute approximate surface area is 101 Å². The molecule has 0 spiro atoms. The van der Waals surface area contributed by atoms with Crippen LogP contribution < -0.4 is 9.47 Å². The minimum atomic E-state index is 0.253. The van der Waals surface area contributed by atoms with Gasteiger partial charge in [0.1, 0.15) is 12.7 Å². The quantitative estimate of drug-likeness (QED) is 0.681. The van der Waals surface area contributed by atoms with E-state index in [1.54, 1.807) is 7.11 Å². The van der Waals surface area contributed by atoms with E-state index < -0.39 is 0 Å². The van der Waals surface area contributed by atoms with E-state index >= 15 is 0 Å². The standard InChI is InChI=1S/C13H18O4/c1-3-15-7-10-4-5-12(13(6-10)14-2)17-9-11-8-16-11/h4-6,11H,3,7-9H2,1-2H3. The molecule has 0 N–H and O–H groups in total. The first-order valence-electron chi connectivity index (χ1n) is 5.82. The van der Waals surface area contributed by atoms with Crippen molar-refractivity contribution in [3.05, 3.63) is 23.8 Å². The number of hydrogen-bond acceptors (Lipinski definition) is 4. The molecule has 2 rings (SSSR count). The molecular formula is C13H18O4. The van der Waals surface area contributed by atoms with E-state index in [4.69, 9.17) is 18.9 Å². The molecule has 1 aliphatic heterocycles. The van der Waals surface area contributed by atoms with E-state index in [0.717, 1.165) is 23.7 Å². The van der Waals surface area contributed by atoms with Gasteiger partial charge in [0.15, 0.2) is 11.5 Å². The third kappa shape index (κ3) is 3.61. The molecule has 0 aliphatic carbocycles. The molecule has 1 fully saturated rings. The van der Waals surface area contributed by atoms with Crippen molar-refractivity contribution in [2.45, 2.75) is 19.6 Å². The highest BCUT2D eigenvalue weighted by molar-refractivity contribution is 5.42. The molecule has 1 aliphatic rings. The number of rotatable bonds is 7. The fourth-order valence-electron chi connectivity index (χ4n) is 1.49. The minimum absolute atomic E-state index is 0.253. The van der Waals surface area contributed by atoms with Crippen molar-refractivity contribution in [2.24, 2.45) is 0 Å². The Morgan fingerprint density at radius 1 is 1.35 bits per heavy atom. The van der Waals surface area contributed by atoms with Gasteiger partial charge in [0.05, 0.1) is 20.3 Å². The number of hydrogen-bond donors (Lipinski definition) is 0. The zero-order valence-electron chi connectivity index (χ0n) is 10.3. The monoisotopic (exact) mass is 238 g/mol. The lowest BCUT2D eigenvalue weighted by atomic mass is 10.2. The van der Waals surface area contributed by atoms with Crippen LogP contribution in [0.5, 0.6) is 11.5 Å². The normalized spacial score (nSPS) is 17.9. The Morgan fingerprint density at radius 3 is 2.82 bits per heavy atom. The van der Waals surface area contributed by atoms with Gasteiger partial charge in [-0.3, -0.25) is 0 Å². The fourth-order valence-corrected chi connectivity index (χ4v) is 1.49. The van der Waals surface area contributed by atoms with Crippen molar-refractivity contribution in [1.82, 2.24) is 0 Å². The first-order chi connectivity index (χ1) is 8.33. The molecule has 0 aromatic heterocycles. The van der Waals surface area contributed by atoms with Gasteiger partial charge in [-0.05, 0) is 24.6 Å². The van der Waals surface area contributed by atoms with Crippen LogP contribution in [-0.2, 0) is 16.1 Å². The smallest absolute Gasteiger partial charge is 0.161 e. The van der Waals surface area contributed by atoms with Crippen LogP contribution in [0, 0.1) is 0 Å². The molecule has 1 aromatic carbocycles. The number of epoxide rings is 1. The summed E-state index contributed by atoms with van der Waals surface area (Å²) in [6.07, 6.45) is 0.253. The third-order valence-corrected chi connectivity index (χ3v) is 2.53. The van der Waals surface area contributed by atoms with Crippen molar-refractivity contribution in [1.29, 1.82) is 0 Å². The van der Waals surface area contributed by atoms with Crippen LogP contribution >= 0.6 is 0 Å². The zero-order chi connectivity index (χ0) is 12.1. The number of ether oxygens (including phenoxy) is 4. The second kappa shape index (κ2) is 5.89. The van der Waals surface area contributed by atoms with E-state index in [0.29, 0.717) is 19.8 Å². The average Bonchev–Trinajstić information content (AvgIpc) is 3.18. The highest BCUT2D eigenvalue weighted by Crippen LogP contribution is 2.29. The highest BCUT2D eigenvalue weighted by Gasteiger charge is 2.23. The first-order valence-corrected chi connectivity index (χ1v) is 5.82. The van der Waals surface area contributed by atoms with Gasteiger partial charge in [0, 0.05) is 6.61 Å². The van der Waals surface area contributed by atoms with Gasteiger partial charge >= 0.3 is 0 Å². The van der Waals surface area contributed by atoms with Crippen molar-refractivity contribution >= 4 is 0 Å². The Bertz CT molecular complexity index is 360. The summed E-state index contributed by atoms with van der Waals surface area (Å²) in [7, 11) is 1.64. The van der Waals surface area contributed by atoms with Crippen molar-refractivity contribution in [3.8, 4) is 11.5 Å². The molecule has 0 amide bonds. The lowest BCUT2D eigenvalue weighted by Gasteiger charge is -2.11. The van der Waals surface area contributed by atoms with Gasteiger partial charge in [-0.15, -0.1) is 0 Å². The Hall–Kier alpha value is -1.26. The molecule has 0 saturated carbocycles. The fraction of sp³-hybridized carbons (Fsp3) is 0.538. The number of methoxy groups -OCH3 is 1. The summed E-state index contributed by atoms with van der Waals surface area (Å²) in [6, 6.07) is 5.84. The van der Waals surface area contributed by atoms with Crippen LogP contribution in [0.25, 0.3) is 0 Å². The first kappa shape index (κ1) is 12.2. The predicted octanol–water partition coefficient (Wildman–Crippen LogP) is 2.01. The molecule has 94 valence electrons. The lowest BCUT2D eigenvalue weighted by molar-refractivity contribution is 0.134. The molecule has 0 bridgehead atoms. The average molecular weight is 238 g/mol. The summed E-state index contributed by atoms with van der Waals surface area (Å²) in [5.41, 5.74) is 1.08. The summed E-state index contributed by atoms with van der Waals surface area (Å²) in [6.45, 7) is 4.66. The van der Waals surface area contributed by atoms with Gasteiger partial charge in [-0.25, -0.2) is 0 Å². The van der Waals surface area contributed by atoms with E-state index in [1.807, 2.05) is 25.1 Å². The SMILES string of the molecule is CCOCc1ccc(OCC2CO2)c(OC)c1. The topological polar surface area (TPSA) is 40.2 Å². The summed E-state index contributed by atoms with van der Waals surface area (Å²) >= 11 is 0. The maximum atomic E-state index is 5.62. The van der Waals surface area contributed by atoms with Gasteiger partial charge in [0.2, 0.25) is 0 Å². The molecular weight excluding hydrogens is 220 g/mol. The maximum absolute atomic E-state index is 5.62. The summed E-state index contributed by atoms with van der Waals surface area (Å²) in [5, 5.41) is 0. The largest absolute Gasteiger partial charge is 0.493 e. The molecule has 1 unspecified atom stereocenters. The Balaban J connectivity index is 1.98. The Morgan fingerprint density at radius 2 is 2.18 bits per heavy atom. The highest BCUT2D eigenvalue weighted by atomic mass is 16.6. The molecule has 4 heteroatoms. The third-order valence-electron chi connectivity index (χ3n) is 2.53. The Kier molecular flexibility index (Phi) is 4.23. The van der Waals surface area contributed by atoms with E-state index in [-0.39, 0.29) is 6.10 Å². The van der Waals surface area contributed by atoms with Crippen molar-refractivity contribution in [2.75, 3.05) is 26.9 Å². The second-order valence-electron chi connectivity index (χ2n) is 3.89. The minimum Gasteiger partial charge on any atom is -0.493 e. The summed E-state index contributed by atoms with van der Waals surface area (Å²) in [5.74, 6) is 1.49. The molecule has 1 aromatic rings. The second-order valence-corrected chi connectivity index (χ2v) is 3.89. The van der Waals surface area contributed by atoms with Gasteiger partial charge in [0.25, 0.3) is 0 Å². The van der Waals surface area contributed by atoms with E-state index in [9.17, 15) is 0 Å². The van der Waals surface area contributed by atoms with Gasteiger partial charge < -0.3 is 18.9 Å². The van der Waals surface area contributed by atoms with Crippen LogP contribution in [0.4, 0.5) is 0 Å². The number of benzene rings is 1. The van der Waals surface area contributed by atoms with Crippen LogP contribution in [0.1, 0.15) is 12.5 Å². The zero-order valence-corrected chi connectivity index (χ0v) is 10.3. The van der Waals surface area contributed by atoms with Crippen LogP contribution in [0.15, 0.2) is 18.2 Å². The molecule has 1 atom stereocenters.